The van der Waals surface area contributed by atoms with Crippen LogP contribution in [0.25, 0.3) is 0 Å². The second kappa shape index (κ2) is 7.62. The van der Waals surface area contributed by atoms with Gasteiger partial charge in [-0.15, -0.1) is 0 Å². The van der Waals surface area contributed by atoms with E-state index in [0.717, 1.165) is 34.7 Å². The number of aryl methyl sites for hydroxylation is 2. The Labute approximate surface area is 144 Å². The van der Waals surface area contributed by atoms with E-state index in [2.05, 4.69) is 6.92 Å². The average Bonchev–Trinajstić information content (AvgIpc) is 2.54. The van der Waals surface area contributed by atoms with Crippen LogP contribution >= 0.6 is 0 Å². The van der Waals surface area contributed by atoms with E-state index in [1.807, 2.05) is 19.1 Å². The van der Waals surface area contributed by atoms with Crippen molar-refractivity contribution in [2.75, 3.05) is 4.31 Å². The van der Waals surface area contributed by atoms with Crippen LogP contribution < -0.4 is 4.31 Å². The molecule has 5 heteroatoms. The molecule has 4 nitrogen and oxygen atoms in total. The fourth-order valence-electron chi connectivity index (χ4n) is 2.48. The topological polar surface area (TPSA) is 54.5 Å². The van der Waals surface area contributed by atoms with Gasteiger partial charge in [0, 0.05) is 6.92 Å². The van der Waals surface area contributed by atoms with Crippen molar-refractivity contribution in [2.24, 2.45) is 0 Å². The summed E-state index contributed by atoms with van der Waals surface area (Å²) in [6, 6.07) is 13.6. The number of hydrogen-bond acceptors (Lipinski definition) is 3. The van der Waals surface area contributed by atoms with Crippen LogP contribution in [0.3, 0.4) is 0 Å². The molecule has 0 aliphatic heterocycles. The van der Waals surface area contributed by atoms with Gasteiger partial charge in [0.05, 0.1) is 10.6 Å². The summed E-state index contributed by atoms with van der Waals surface area (Å²) in [6.45, 7) is 5.27. The molecule has 0 unspecified atom stereocenters. The van der Waals surface area contributed by atoms with Crippen LogP contribution in [0.1, 0.15) is 37.8 Å². The van der Waals surface area contributed by atoms with Crippen LogP contribution in [0.2, 0.25) is 0 Å². The lowest BCUT2D eigenvalue weighted by Gasteiger charge is -2.21. The van der Waals surface area contributed by atoms with Gasteiger partial charge in [-0.25, -0.2) is 12.7 Å². The van der Waals surface area contributed by atoms with Gasteiger partial charge in [0.2, 0.25) is 5.91 Å². The quantitative estimate of drug-likeness (QED) is 0.793. The van der Waals surface area contributed by atoms with Crippen LogP contribution in [0.4, 0.5) is 5.69 Å². The van der Waals surface area contributed by atoms with Crippen LogP contribution in [0, 0.1) is 6.92 Å². The average molecular weight is 345 g/mol. The number of benzene rings is 2. The minimum atomic E-state index is -3.92. The highest BCUT2D eigenvalue weighted by Gasteiger charge is 2.28. The zero-order valence-electron chi connectivity index (χ0n) is 14.3. The summed E-state index contributed by atoms with van der Waals surface area (Å²) in [4.78, 5) is 12.1. The molecule has 0 heterocycles. The maximum Gasteiger partial charge on any atom is 0.270 e. The summed E-state index contributed by atoms with van der Waals surface area (Å²) < 4.78 is 26.6. The van der Waals surface area contributed by atoms with Crippen molar-refractivity contribution in [3.8, 4) is 0 Å². The molecule has 0 fully saturated rings. The SMILES string of the molecule is CCCCc1ccc(N(C(C)=O)S(=O)(=O)c2ccc(C)cc2)cc1. The summed E-state index contributed by atoms with van der Waals surface area (Å²) in [5, 5.41) is 0. The molecule has 1 amide bonds. The molecule has 0 saturated carbocycles. The zero-order chi connectivity index (χ0) is 17.7. The Bertz CT molecular complexity index is 794. The number of hydrogen-bond donors (Lipinski definition) is 0. The first-order valence-corrected chi connectivity index (χ1v) is 9.51. The van der Waals surface area contributed by atoms with Crippen molar-refractivity contribution < 1.29 is 13.2 Å². The van der Waals surface area contributed by atoms with Crippen molar-refractivity contribution in [2.45, 2.75) is 44.9 Å². The number of carbonyl (C=O) groups excluding carboxylic acids is 1. The first-order valence-electron chi connectivity index (χ1n) is 8.07. The normalized spacial score (nSPS) is 11.3. The number of amides is 1. The minimum absolute atomic E-state index is 0.110. The third-order valence-corrected chi connectivity index (χ3v) is 5.65. The Morgan fingerprint density at radius 1 is 1.00 bits per heavy atom. The van der Waals surface area contributed by atoms with Crippen LogP contribution in [0.15, 0.2) is 53.4 Å². The van der Waals surface area contributed by atoms with E-state index in [9.17, 15) is 13.2 Å². The van der Waals surface area contributed by atoms with Gasteiger partial charge in [-0.2, -0.15) is 0 Å². The highest BCUT2D eigenvalue weighted by molar-refractivity contribution is 7.93. The number of anilines is 1. The van der Waals surface area contributed by atoms with Gasteiger partial charge >= 0.3 is 0 Å². The highest BCUT2D eigenvalue weighted by Crippen LogP contribution is 2.25. The number of sulfonamides is 1. The molecule has 24 heavy (non-hydrogen) atoms. The molecule has 2 aromatic rings. The third kappa shape index (κ3) is 4.03. The second-order valence-corrected chi connectivity index (χ2v) is 7.66. The Morgan fingerprint density at radius 3 is 2.08 bits per heavy atom. The summed E-state index contributed by atoms with van der Waals surface area (Å²) in [5.41, 5.74) is 2.46. The predicted molar refractivity (Wildman–Crippen MR) is 96.6 cm³/mol. The monoisotopic (exact) mass is 345 g/mol. The molecule has 0 radical (unpaired) electrons. The molecular formula is C19H23NO3S. The summed E-state index contributed by atoms with van der Waals surface area (Å²) in [7, 11) is -3.92. The number of unbranched alkanes of at least 4 members (excludes halogenated alkanes) is 1. The van der Waals surface area contributed by atoms with Gasteiger partial charge in [0.15, 0.2) is 0 Å². The fourth-order valence-corrected chi connectivity index (χ4v) is 3.91. The van der Waals surface area contributed by atoms with Gasteiger partial charge < -0.3 is 0 Å². The van der Waals surface area contributed by atoms with Gasteiger partial charge in [0.1, 0.15) is 0 Å². The Morgan fingerprint density at radius 2 is 1.58 bits per heavy atom. The Hall–Kier alpha value is -2.14. The van der Waals surface area contributed by atoms with E-state index < -0.39 is 15.9 Å². The van der Waals surface area contributed by atoms with E-state index in [1.54, 1.807) is 24.3 Å². The van der Waals surface area contributed by atoms with Gasteiger partial charge in [-0.05, 0) is 49.6 Å². The Balaban J connectivity index is 2.38. The zero-order valence-corrected chi connectivity index (χ0v) is 15.1. The van der Waals surface area contributed by atoms with Crippen molar-refractivity contribution in [1.82, 2.24) is 0 Å². The molecule has 0 saturated heterocycles. The van der Waals surface area contributed by atoms with Crippen LogP contribution in [-0.4, -0.2) is 14.3 Å². The van der Waals surface area contributed by atoms with Crippen molar-refractivity contribution in [3.05, 3.63) is 59.7 Å². The van der Waals surface area contributed by atoms with Crippen LogP contribution in [0.5, 0.6) is 0 Å². The molecule has 0 N–H and O–H groups in total. The molecule has 0 spiro atoms. The number of carbonyl (C=O) groups is 1. The fraction of sp³-hybridized carbons (Fsp3) is 0.316. The van der Waals surface area contributed by atoms with Gasteiger partial charge in [-0.1, -0.05) is 43.2 Å². The second-order valence-electron chi connectivity index (χ2n) is 5.87. The molecular weight excluding hydrogens is 322 g/mol. The van der Waals surface area contributed by atoms with E-state index >= 15 is 0 Å². The molecule has 2 aromatic carbocycles. The van der Waals surface area contributed by atoms with Crippen LogP contribution in [-0.2, 0) is 21.2 Å². The maximum atomic E-state index is 12.8. The van der Waals surface area contributed by atoms with E-state index in [0.29, 0.717) is 5.69 Å². The van der Waals surface area contributed by atoms with Crippen molar-refractivity contribution in [3.63, 3.8) is 0 Å². The first kappa shape index (κ1) is 18.2. The number of nitrogens with zero attached hydrogens (tertiary/aromatic N) is 1. The molecule has 0 atom stereocenters. The lowest BCUT2D eigenvalue weighted by atomic mass is 10.1. The smallest absolute Gasteiger partial charge is 0.270 e. The molecule has 2 rings (SSSR count). The van der Waals surface area contributed by atoms with Crippen molar-refractivity contribution >= 4 is 21.6 Å². The number of rotatable bonds is 6. The highest BCUT2D eigenvalue weighted by atomic mass is 32.2. The molecule has 0 aliphatic rings. The summed E-state index contributed by atoms with van der Waals surface area (Å²) in [6.07, 6.45) is 3.13. The minimum Gasteiger partial charge on any atom is -0.274 e. The summed E-state index contributed by atoms with van der Waals surface area (Å²) in [5.74, 6) is -0.531. The first-order chi connectivity index (χ1) is 11.4. The third-order valence-electron chi connectivity index (χ3n) is 3.84. The predicted octanol–water partition coefficient (Wildman–Crippen LogP) is 4.08. The van der Waals surface area contributed by atoms with Crippen molar-refractivity contribution in [1.29, 1.82) is 0 Å². The standard InChI is InChI=1S/C19H23NO3S/c1-4-5-6-17-9-11-18(12-10-17)20(16(3)21)24(22,23)19-13-7-15(2)8-14-19/h7-14H,4-6H2,1-3H3. The molecule has 128 valence electrons. The largest absolute Gasteiger partial charge is 0.274 e. The van der Waals surface area contributed by atoms with E-state index in [-0.39, 0.29) is 4.90 Å². The maximum absolute atomic E-state index is 12.8. The van der Waals surface area contributed by atoms with Gasteiger partial charge in [0.25, 0.3) is 10.0 Å². The molecule has 0 bridgehead atoms. The van der Waals surface area contributed by atoms with E-state index in [4.69, 9.17) is 0 Å². The Kier molecular flexibility index (Phi) is 5.78. The summed E-state index contributed by atoms with van der Waals surface area (Å²) >= 11 is 0. The van der Waals surface area contributed by atoms with E-state index in [1.165, 1.54) is 19.1 Å². The molecule has 0 aromatic heterocycles. The lowest BCUT2D eigenvalue weighted by Crippen LogP contribution is -2.35. The van der Waals surface area contributed by atoms with Gasteiger partial charge in [-0.3, -0.25) is 4.79 Å². The lowest BCUT2D eigenvalue weighted by molar-refractivity contribution is -0.115. The molecule has 0 aliphatic carbocycles.